The zero-order valence-corrected chi connectivity index (χ0v) is 24.1. The summed E-state index contributed by atoms with van der Waals surface area (Å²) in [7, 11) is -2.56. The zero-order valence-electron chi connectivity index (χ0n) is 22.5. The number of amides is 2. The summed E-state index contributed by atoms with van der Waals surface area (Å²) in [4.78, 5) is 31.0. The number of rotatable bonds is 13. The molecule has 1 saturated heterocycles. The van der Waals surface area contributed by atoms with Crippen LogP contribution in [0.2, 0.25) is 0 Å². The highest BCUT2D eigenvalue weighted by atomic mass is 32.2. The van der Waals surface area contributed by atoms with Crippen molar-refractivity contribution in [1.29, 1.82) is 0 Å². The van der Waals surface area contributed by atoms with Gasteiger partial charge in [-0.05, 0) is 55.8 Å². The van der Waals surface area contributed by atoms with E-state index in [9.17, 15) is 18.0 Å². The first-order valence-corrected chi connectivity index (χ1v) is 15.0. The summed E-state index contributed by atoms with van der Waals surface area (Å²) < 4.78 is 42.8. The van der Waals surface area contributed by atoms with E-state index >= 15 is 0 Å². The summed E-state index contributed by atoms with van der Waals surface area (Å²) in [5.74, 6) is 0.363. The number of thiocarbonyl (C=S) groups is 1. The van der Waals surface area contributed by atoms with E-state index in [1.807, 2.05) is 13.8 Å². The predicted octanol–water partition coefficient (Wildman–Crippen LogP) is 4.05. The van der Waals surface area contributed by atoms with Crippen LogP contribution >= 0.6 is 12.2 Å². The Balaban J connectivity index is 1.85. The Morgan fingerprint density at radius 3 is 2.10 bits per heavy atom. The van der Waals surface area contributed by atoms with Crippen LogP contribution in [0.4, 0.5) is 5.69 Å². The molecule has 2 heterocycles. The van der Waals surface area contributed by atoms with Crippen molar-refractivity contribution in [3.8, 4) is 11.5 Å². The van der Waals surface area contributed by atoms with E-state index in [0.29, 0.717) is 36.2 Å². The molecule has 0 saturated carbocycles. The maximum absolute atomic E-state index is 13.1. The molecule has 12 heteroatoms. The van der Waals surface area contributed by atoms with E-state index < -0.39 is 27.7 Å². The molecule has 0 radical (unpaired) electrons. The van der Waals surface area contributed by atoms with E-state index in [1.54, 1.807) is 48.4 Å². The highest BCUT2D eigenvalue weighted by Crippen LogP contribution is 2.41. The summed E-state index contributed by atoms with van der Waals surface area (Å²) in [5, 5.41) is 0.253. The topological polar surface area (TPSA) is 117 Å². The average Bonchev–Trinajstić information content (AvgIpc) is 3.23. The van der Waals surface area contributed by atoms with Gasteiger partial charge >= 0.3 is 0 Å². The minimum atomic E-state index is -4.11. The molecule has 1 aromatic rings. The van der Waals surface area contributed by atoms with Crippen molar-refractivity contribution in [3.63, 3.8) is 0 Å². The Morgan fingerprint density at radius 1 is 0.949 bits per heavy atom. The lowest BCUT2D eigenvalue weighted by Gasteiger charge is -2.36. The predicted molar refractivity (Wildman–Crippen MR) is 153 cm³/mol. The van der Waals surface area contributed by atoms with Crippen LogP contribution in [0, 0.1) is 0 Å². The van der Waals surface area contributed by atoms with Crippen molar-refractivity contribution in [2.45, 2.75) is 46.0 Å². The average molecular weight is 578 g/mol. The molecular formula is C27H35N3O7S2. The summed E-state index contributed by atoms with van der Waals surface area (Å²) in [6.07, 6.45) is 9.84. The van der Waals surface area contributed by atoms with E-state index in [-0.39, 0.29) is 23.7 Å². The third kappa shape index (κ3) is 7.68. The van der Waals surface area contributed by atoms with Gasteiger partial charge < -0.3 is 14.4 Å². The maximum Gasteiger partial charge on any atom is 0.265 e. The standard InChI is InChI=1S/C27H35N3O7S2/c1-4-6-15-29-25(31)21(26(32)30(27(29)38)16-7-5-2)11-8-9-12-24-28(17-10-18-39(33,34)35)22-19-20(36-3)13-14-23(22)37-24/h8-9,11-14,19H,4-7,10,15-18H2,1-3H3,(H,33,34,35). The first-order valence-electron chi connectivity index (χ1n) is 13.0. The number of benzene rings is 1. The van der Waals surface area contributed by atoms with E-state index in [4.69, 9.17) is 26.2 Å². The van der Waals surface area contributed by atoms with Gasteiger partial charge in [0.05, 0.1) is 18.6 Å². The maximum atomic E-state index is 13.1. The van der Waals surface area contributed by atoms with Gasteiger partial charge in [-0.25, -0.2) is 0 Å². The van der Waals surface area contributed by atoms with Crippen molar-refractivity contribution in [3.05, 3.63) is 54.0 Å². The second-order valence-electron chi connectivity index (χ2n) is 9.10. The molecule has 39 heavy (non-hydrogen) atoms. The molecule has 0 bridgehead atoms. The number of unbranched alkanes of at least 4 members (excludes halogenated alkanes) is 2. The van der Waals surface area contributed by atoms with Crippen LogP contribution in [-0.4, -0.2) is 72.2 Å². The van der Waals surface area contributed by atoms with Crippen LogP contribution in [0.1, 0.15) is 46.0 Å². The molecule has 0 unspecified atom stereocenters. The van der Waals surface area contributed by atoms with Crippen molar-refractivity contribution in [2.24, 2.45) is 0 Å². The summed E-state index contributed by atoms with van der Waals surface area (Å²) in [5.41, 5.74) is 0.725. The molecule has 212 valence electrons. The Morgan fingerprint density at radius 2 is 1.54 bits per heavy atom. The molecule has 0 aliphatic carbocycles. The van der Waals surface area contributed by atoms with Crippen LogP contribution in [0.25, 0.3) is 0 Å². The Kier molecular flexibility index (Phi) is 10.7. The molecule has 1 N–H and O–H groups in total. The van der Waals surface area contributed by atoms with Gasteiger partial charge in [-0.2, -0.15) is 8.42 Å². The molecule has 2 amide bonds. The Hall–Kier alpha value is -3.22. The van der Waals surface area contributed by atoms with Gasteiger partial charge in [0, 0.05) is 25.7 Å². The third-order valence-corrected chi connectivity index (χ3v) is 7.46. The first kappa shape index (κ1) is 30.3. The van der Waals surface area contributed by atoms with Crippen LogP contribution in [0.5, 0.6) is 11.5 Å². The van der Waals surface area contributed by atoms with Crippen LogP contribution in [0.15, 0.2) is 54.0 Å². The highest BCUT2D eigenvalue weighted by molar-refractivity contribution is 7.85. The minimum Gasteiger partial charge on any atom is -0.497 e. The second-order valence-corrected chi connectivity index (χ2v) is 11.0. The molecule has 0 aromatic heterocycles. The number of allylic oxidation sites excluding steroid dienone is 4. The molecule has 0 spiro atoms. The van der Waals surface area contributed by atoms with Crippen LogP contribution < -0.4 is 14.4 Å². The van der Waals surface area contributed by atoms with Gasteiger partial charge in [-0.1, -0.05) is 38.8 Å². The number of anilines is 1. The fourth-order valence-electron chi connectivity index (χ4n) is 4.13. The normalized spacial score (nSPS) is 16.9. The van der Waals surface area contributed by atoms with Gasteiger partial charge in [-0.3, -0.25) is 23.9 Å². The minimum absolute atomic E-state index is 0.0378. The number of carbonyl (C=O) groups excluding carboxylic acids is 2. The second kappa shape index (κ2) is 13.7. The molecule has 1 fully saturated rings. The molecule has 3 rings (SSSR count). The van der Waals surface area contributed by atoms with Crippen molar-refractivity contribution in [1.82, 2.24) is 9.80 Å². The number of hydrogen-bond donors (Lipinski definition) is 1. The summed E-state index contributed by atoms with van der Waals surface area (Å²) in [6, 6.07) is 5.26. The Bertz CT molecular complexity index is 1260. The van der Waals surface area contributed by atoms with Gasteiger partial charge in [0.15, 0.2) is 10.9 Å². The molecule has 2 aliphatic rings. The van der Waals surface area contributed by atoms with Gasteiger partial charge in [0.25, 0.3) is 21.9 Å². The van der Waals surface area contributed by atoms with Crippen LogP contribution in [0.3, 0.4) is 0 Å². The zero-order chi connectivity index (χ0) is 28.6. The van der Waals surface area contributed by atoms with Crippen molar-refractivity contribution in [2.75, 3.05) is 37.4 Å². The SMILES string of the molecule is CCCCN1C(=O)C(=CC=CC=C2Oc3ccc(OC)cc3N2CCCS(=O)(=O)O)C(=O)N(CCCC)C1=S. The first-order chi connectivity index (χ1) is 18.6. The van der Waals surface area contributed by atoms with Gasteiger partial charge in [-0.15, -0.1) is 0 Å². The number of ether oxygens (including phenoxy) is 2. The lowest BCUT2D eigenvalue weighted by Crippen LogP contribution is -2.56. The number of carbonyl (C=O) groups is 2. The fourth-order valence-corrected chi connectivity index (χ4v) is 4.97. The lowest BCUT2D eigenvalue weighted by molar-refractivity contribution is -0.133. The van der Waals surface area contributed by atoms with Gasteiger partial charge in [0.1, 0.15) is 11.3 Å². The molecule has 0 atom stereocenters. The molecular weight excluding hydrogens is 542 g/mol. The lowest BCUT2D eigenvalue weighted by atomic mass is 10.1. The largest absolute Gasteiger partial charge is 0.497 e. The number of hydrogen-bond acceptors (Lipinski definition) is 8. The number of methoxy groups -OCH3 is 1. The summed E-state index contributed by atoms with van der Waals surface area (Å²) >= 11 is 5.48. The van der Waals surface area contributed by atoms with E-state index in [2.05, 4.69) is 0 Å². The van der Waals surface area contributed by atoms with E-state index in [0.717, 1.165) is 25.7 Å². The fraction of sp³-hybridized carbons (Fsp3) is 0.444. The Labute approximate surface area is 235 Å². The molecule has 2 aliphatic heterocycles. The number of nitrogens with zero attached hydrogens (tertiary/aromatic N) is 3. The van der Waals surface area contributed by atoms with Gasteiger partial charge in [0.2, 0.25) is 5.88 Å². The highest BCUT2D eigenvalue weighted by Gasteiger charge is 2.38. The number of fused-ring (bicyclic) bond motifs is 1. The summed E-state index contributed by atoms with van der Waals surface area (Å²) in [6.45, 7) is 5.20. The third-order valence-electron chi connectivity index (χ3n) is 6.22. The van der Waals surface area contributed by atoms with Crippen LogP contribution in [-0.2, 0) is 19.7 Å². The monoisotopic (exact) mass is 577 g/mol. The van der Waals surface area contributed by atoms with E-state index in [1.165, 1.54) is 15.9 Å². The van der Waals surface area contributed by atoms with Crippen molar-refractivity contribution >= 4 is 45.0 Å². The van der Waals surface area contributed by atoms with Crippen molar-refractivity contribution < 1.29 is 32.0 Å². The smallest absolute Gasteiger partial charge is 0.265 e. The quantitative estimate of drug-likeness (QED) is 0.160. The molecule has 1 aromatic carbocycles. The molecule has 10 nitrogen and oxygen atoms in total.